The lowest BCUT2D eigenvalue weighted by molar-refractivity contribution is -0.138. The number of aliphatic carboxylic acids is 1. The Hall–Kier alpha value is -1.32. The minimum atomic E-state index is -0.680. The van der Waals surface area contributed by atoms with Crippen LogP contribution < -0.4 is 0 Å². The molecule has 0 saturated heterocycles. The van der Waals surface area contributed by atoms with Gasteiger partial charge in [0.25, 0.3) is 0 Å². The zero-order valence-electron chi connectivity index (χ0n) is 8.40. The van der Waals surface area contributed by atoms with Crippen LogP contribution in [-0.2, 0) is 18.3 Å². The molecule has 1 heterocycles. The molecule has 2 atom stereocenters. The molecule has 4 heteroatoms. The number of hydrogen-bond acceptors (Lipinski definition) is 2. The lowest BCUT2D eigenvalue weighted by Crippen LogP contribution is -1.99. The molecule has 1 fully saturated rings. The molecular formula is C10H14N2O2. The van der Waals surface area contributed by atoms with Crippen LogP contribution in [-0.4, -0.2) is 20.9 Å². The Morgan fingerprint density at radius 2 is 2.50 bits per heavy atom. The third kappa shape index (κ3) is 1.41. The molecule has 0 amide bonds. The van der Waals surface area contributed by atoms with E-state index in [4.69, 9.17) is 5.11 Å². The summed E-state index contributed by atoms with van der Waals surface area (Å²) in [6.45, 7) is 2.05. The summed E-state index contributed by atoms with van der Waals surface area (Å²) in [7, 11) is 1.88. The van der Waals surface area contributed by atoms with E-state index < -0.39 is 5.97 Å². The number of nitrogens with zero attached hydrogens (tertiary/aromatic N) is 2. The van der Waals surface area contributed by atoms with Crippen LogP contribution in [0.1, 0.15) is 30.5 Å². The molecule has 0 bridgehead atoms. The van der Waals surface area contributed by atoms with Gasteiger partial charge in [-0.25, -0.2) is 0 Å². The number of carbonyl (C=O) groups is 1. The Morgan fingerprint density at radius 1 is 1.79 bits per heavy atom. The number of hydrogen-bond donors (Lipinski definition) is 1. The zero-order chi connectivity index (χ0) is 10.3. The Labute approximate surface area is 82.5 Å². The molecule has 1 aliphatic carbocycles. The van der Waals surface area contributed by atoms with Crippen molar-refractivity contribution in [3.05, 3.63) is 17.5 Å². The number of aromatic nitrogens is 2. The van der Waals surface area contributed by atoms with E-state index in [0.717, 1.165) is 24.1 Å². The summed E-state index contributed by atoms with van der Waals surface area (Å²) in [4.78, 5) is 10.7. The molecule has 1 N–H and O–H groups in total. The van der Waals surface area contributed by atoms with E-state index in [1.807, 2.05) is 20.2 Å². The van der Waals surface area contributed by atoms with E-state index in [1.165, 1.54) is 0 Å². The fraction of sp³-hybridized carbons (Fsp3) is 0.600. The van der Waals surface area contributed by atoms with Crippen LogP contribution >= 0.6 is 0 Å². The molecule has 0 aliphatic heterocycles. The Morgan fingerprint density at radius 3 is 3.00 bits per heavy atom. The predicted molar refractivity (Wildman–Crippen MR) is 51.1 cm³/mol. The second-order valence-corrected chi connectivity index (χ2v) is 3.85. The van der Waals surface area contributed by atoms with Crippen molar-refractivity contribution >= 4 is 5.97 Å². The van der Waals surface area contributed by atoms with E-state index >= 15 is 0 Å². The molecule has 14 heavy (non-hydrogen) atoms. The smallest absolute Gasteiger partial charge is 0.307 e. The third-order valence-electron chi connectivity index (χ3n) is 2.78. The van der Waals surface area contributed by atoms with E-state index in [2.05, 4.69) is 5.10 Å². The summed E-state index contributed by atoms with van der Waals surface area (Å²) in [6, 6.07) is 0. The lowest BCUT2D eigenvalue weighted by atomic mass is 10.1. The molecule has 76 valence electrons. The maximum atomic E-state index is 10.7. The third-order valence-corrected chi connectivity index (χ3v) is 2.78. The van der Waals surface area contributed by atoms with Crippen molar-refractivity contribution in [2.24, 2.45) is 13.0 Å². The molecule has 2 unspecified atom stereocenters. The molecule has 0 aromatic carbocycles. The molecule has 0 radical (unpaired) electrons. The second kappa shape index (κ2) is 3.12. The standard InChI is InChI=1S/C10H14N2O2/c1-3-9-8(5-12(2)11-9)6-4-7(6)10(13)14/h5-7H,3-4H2,1-2H3,(H,13,14). The molecular weight excluding hydrogens is 180 g/mol. The van der Waals surface area contributed by atoms with Gasteiger partial charge in [0.1, 0.15) is 0 Å². The molecule has 4 nitrogen and oxygen atoms in total. The van der Waals surface area contributed by atoms with E-state index in [-0.39, 0.29) is 11.8 Å². The van der Waals surface area contributed by atoms with Crippen LogP contribution in [0.4, 0.5) is 0 Å². The van der Waals surface area contributed by atoms with Crippen LogP contribution in [0.25, 0.3) is 0 Å². The summed E-state index contributed by atoms with van der Waals surface area (Å²) in [6.07, 6.45) is 3.60. The SMILES string of the molecule is CCc1nn(C)cc1C1CC1C(=O)O. The molecule has 0 spiro atoms. The number of rotatable bonds is 3. The first-order valence-corrected chi connectivity index (χ1v) is 4.88. The molecule has 2 rings (SSSR count). The molecule has 1 saturated carbocycles. The fourth-order valence-electron chi connectivity index (χ4n) is 1.95. The topological polar surface area (TPSA) is 55.1 Å². The quantitative estimate of drug-likeness (QED) is 0.785. The highest BCUT2D eigenvalue weighted by molar-refractivity contribution is 5.75. The van der Waals surface area contributed by atoms with Gasteiger partial charge in [0.15, 0.2) is 0 Å². The van der Waals surface area contributed by atoms with E-state index in [1.54, 1.807) is 4.68 Å². The number of aryl methyl sites for hydroxylation is 2. The van der Waals surface area contributed by atoms with Crippen LogP contribution in [0.5, 0.6) is 0 Å². The average Bonchev–Trinajstić information content (AvgIpc) is 2.84. The average molecular weight is 194 g/mol. The van der Waals surface area contributed by atoms with Gasteiger partial charge in [0, 0.05) is 19.2 Å². The Kier molecular flexibility index (Phi) is 2.06. The highest BCUT2D eigenvalue weighted by Gasteiger charge is 2.45. The van der Waals surface area contributed by atoms with E-state index in [9.17, 15) is 4.79 Å². The maximum Gasteiger partial charge on any atom is 0.307 e. The molecule has 1 aliphatic rings. The van der Waals surface area contributed by atoms with Crippen molar-refractivity contribution in [3.63, 3.8) is 0 Å². The number of carboxylic acids is 1. The van der Waals surface area contributed by atoms with Gasteiger partial charge in [0.2, 0.25) is 0 Å². The Balaban J connectivity index is 2.21. The second-order valence-electron chi connectivity index (χ2n) is 3.85. The summed E-state index contributed by atoms with van der Waals surface area (Å²) in [5.41, 5.74) is 2.17. The summed E-state index contributed by atoms with van der Waals surface area (Å²) >= 11 is 0. The highest BCUT2D eigenvalue weighted by Crippen LogP contribution is 2.48. The first-order valence-electron chi connectivity index (χ1n) is 4.88. The zero-order valence-corrected chi connectivity index (χ0v) is 8.40. The molecule has 1 aromatic rings. The van der Waals surface area contributed by atoms with Crippen molar-refractivity contribution in [3.8, 4) is 0 Å². The van der Waals surface area contributed by atoms with Gasteiger partial charge in [-0.3, -0.25) is 9.48 Å². The first kappa shape index (κ1) is 9.24. The monoisotopic (exact) mass is 194 g/mol. The highest BCUT2D eigenvalue weighted by atomic mass is 16.4. The summed E-state index contributed by atoms with van der Waals surface area (Å²) < 4.78 is 1.77. The van der Waals surface area contributed by atoms with Crippen LogP contribution in [0.15, 0.2) is 6.20 Å². The normalized spacial score (nSPS) is 25.0. The maximum absolute atomic E-state index is 10.7. The largest absolute Gasteiger partial charge is 0.481 e. The molecule has 1 aromatic heterocycles. The van der Waals surface area contributed by atoms with E-state index in [0.29, 0.717) is 0 Å². The predicted octanol–water partition coefficient (Wildman–Crippen LogP) is 1.17. The van der Waals surface area contributed by atoms with Crippen molar-refractivity contribution in [2.45, 2.75) is 25.7 Å². The van der Waals surface area contributed by atoms with Gasteiger partial charge in [-0.1, -0.05) is 6.92 Å². The minimum Gasteiger partial charge on any atom is -0.481 e. The van der Waals surface area contributed by atoms with Gasteiger partial charge in [-0.05, 0) is 18.4 Å². The van der Waals surface area contributed by atoms with Gasteiger partial charge in [-0.15, -0.1) is 0 Å². The lowest BCUT2D eigenvalue weighted by Gasteiger charge is -1.95. The number of carboxylic acid groups (broad SMARTS) is 1. The van der Waals surface area contributed by atoms with Crippen molar-refractivity contribution in [2.75, 3.05) is 0 Å². The van der Waals surface area contributed by atoms with Gasteiger partial charge in [-0.2, -0.15) is 5.10 Å². The van der Waals surface area contributed by atoms with Crippen LogP contribution in [0, 0.1) is 5.92 Å². The van der Waals surface area contributed by atoms with Crippen molar-refractivity contribution in [1.29, 1.82) is 0 Å². The van der Waals surface area contributed by atoms with Crippen molar-refractivity contribution in [1.82, 2.24) is 9.78 Å². The minimum absolute atomic E-state index is 0.176. The van der Waals surface area contributed by atoms with Crippen molar-refractivity contribution < 1.29 is 9.90 Å². The van der Waals surface area contributed by atoms with Gasteiger partial charge in [0.05, 0.1) is 11.6 Å². The summed E-state index contributed by atoms with van der Waals surface area (Å²) in [5, 5.41) is 13.1. The Bertz CT molecular complexity index is 370. The van der Waals surface area contributed by atoms with Crippen LogP contribution in [0.2, 0.25) is 0 Å². The van der Waals surface area contributed by atoms with Crippen LogP contribution in [0.3, 0.4) is 0 Å². The van der Waals surface area contributed by atoms with Gasteiger partial charge >= 0.3 is 5.97 Å². The first-order chi connectivity index (χ1) is 6.63. The fourth-order valence-corrected chi connectivity index (χ4v) is 1.95. The summed E-state index contributed by atoms with van der Waals surface area (Å²) in [5.74, 6) is -0.651. The van der Waals surface area contributed by atoms with Gasteiger partial charge < -0.3 is 5.11 Å².